The van der Waals surface area contributed by atoms with Crippen LogP contribution in [0.4, 0.5) is 45.2 Å². The predicted octanol–water partition coefficient (Wildman–Crippen LogP) is 5.11. The number of hydrogen-bond acceptors (Lipinski definition) is 3. The first-order valence-corrected chi connectivity index (χ1v) is 7.75. The van der Waals surface area contributed by atoms with Gasteiger partial charge in [-0.25, -0.2) is 9.98 Å². The van der Waals surface area contributed by atoms with E-state index in [9.17, 15) is 39.5 Å². The van der Waals surface area contributed by atoms with Crippen molar-refractivity contribution in [2.45, 2.75) is 25.5 Å². The number of nitrogens with zero attached hydrogens (tertiary/aromatic N) is 3. The standard InChI is InChI=1S/C16H12F9N3O/c1-3-29-12-7-11(16(23,24)25)27-13(28(12)2)26-10-5-4-8(14(17,18)19)6-9(10)15(20,21)22/h4-7H,3H2,1-2H3. The van der Waals surface area contributed by atoms with Crippen molar-refractivity contribution in [2.24, 2.45) is 12.0 Å². The summed E-state index contributed by atoms with van der Waals surface area (Å²) in [7, 11) is 1.13. The van der Waals surface area contributed by atoms with Gasteiger partial charge in [-0.1, -0.05) is 0 Å². The Morgan fingerprint density at radius 1 is 0.931 bits per heavy atom. The number of benzene rings is 1. The first-order chi connectivity index (χ1) is 13.1. The van der Waals surface area contributed by atoms with Crippen LogP contribution in [0, 0.1) is 0 Å². The monoisotopic (exact) mass is 433 g/mol. The zero-order valence-electron chi connectivity index (χ0n) is 14.7. The molecule has 0 aliphatic rings. The first-order valence-electron chi connectivity index (χ1n) is 7.75. The zero-order chi connectivity index (χ0) is 22.2. The van der Waals surface area contributed by atoms with E-state index in [1.165, 1.54) is 6.92 Å². The zero-order valence-corrected chi connectivity index (χ0v) is 14.7. The molecular formula is C16H12F9N3O. The third kappa shape index (κ3) is 5.21. The summed E-state index contributed by atoms with van der Waals surface area (Å²) in [6, 6.07) is 1.11. The lowest BCUT2D eigenvalue weighted by atomic mass is 10.1. The van der Waals surface area contributed by atoms with Gasteiger partial charge in [0, 0.05) is 13.1 Å². The molecule has 0 N–H and O–H groups in total. The van der Waals surface area contributed by atoms with Crippen molar-refractivity contribution in [2.75, 3.05) is 6.61 Å². The lowest BCUT2D eigenvalue weighted by Gasteiger charge is -2.15. The van der Waals surface area contributed by atoms with Crippen molar-refractivity contribution in [1.29, 1.82) is 0 Å². The van der Waals surface area contributed by atoms with Gasteiger partial charge in [-0.15, -0.1) is 0 Å². The van der Waals surface area contributed by atoms with Crippen LogP contribution >= 0.6 is 0 Å². The molecular weight excluding hydrogens is 421 g/mol. The van der Waals surface area contributed by atoms with E-state index in [1.807, 2.05) is 0 Å². The summed E-state index contributed by atoms with van der Waals surface area (Å²) in [6.45, 7) is 1.39. The van der Waals surface area contributed by atoms with Crippen molar-refractivity contribution in [3.63, 3.8) is 0 Å². The van der Waals surface area contributed by atoms with Gasteiger partial charge in [-0.3, -0.25) is 4.57 Å². The molecule has 0 amide bonds. The summed E-state index contributed by atoms with van der Waals surface area (Å²) in [5, 5.41) is 0. The molecule has 1 aromatic carbocycles. The average molecular weight is 433 g/mol. The van der Waals surface area contributed by atoms with Gasteiger partial charge in [0.2, 0.25) is 5.62 Å². The normalized spacial score (nSPS) is 13.7. The molecule has 4 nitrogen and oxygen atoms in total. The lowest BCUT2D eigenvalue weighted by molar-refractivity contribution is -0.143. The fourth-order valence-electron chi connectivity index (χ4n) is 2.20. The summed E-state index contributed by atoms with van der Waals surface area (Å²) in [5.74, 6) is -0.394. The summed E-state index contributed by atoms with van der Waals surface area (Å²) < 4.78 is 123. The molecule has 29 heavy (non-hydrogen) atoms. The van der Waals surface area contributed by atoms with E-state index in [-0.39, 0.29) is 12.7 Å². The fraction of sp³-hybridized carbons (Fsp3) is 0.375. The molecule has 2 rings (SSSR count). The van der Waals surface area contributed by atoms with Crippen molar-refractivity contribution in [3.05, 3.63) is 46.7 Å². The minimum atomic E-state index is -5.25. The maximum Gasteiger partial charge on any atom is 0.433 e. The second-order valence-corrected chi connectivity index (χ2v) is 5.61. The fourth-order valence-corrected chi connectivity index (χ4v) is 2.20. The summed E-state index contributed by atoms with van der Waals surface area (Å²) in [5.41, 5.74) is -6.72. The predicted molar refractivity (Wildman–Crippen MR) is 81.0 cm³/mol. The van der Waals surface area contributed by atoms with Gasteiger partial charge in [0.25, 0.3) is 0 Å². The molecule has 0 bridgehead atoms. The Morgan fingerprint density at radius 2 is 1.55 bits per heavy atom. The molecule has 0 saturated heterocycles. The van der Waals surface area contributed by atoms with Gasteiger partial charge in [0.15, 0.2) is 11.6 Å². The highest BCUT2D eigenvalue weighted by molar-refractivity contribution is 5.50. The van der Waals surface area contributed by atoms with Crippen LogP contribution in [-0.2, 0) is 25.6 Å². The maximum absolute atomic E-state index is 13.2. The van der Waals surface area contributed by atoms with E-state index >= 15 is 0 Å². The van der Waals surface area contributed by atoms with Crippen LogP contribution in [0.15, 0.2) is 29.3 Å². The van der Waals surface area contributed by atoms with Crippen LogP contribution in [0.25, 0.3) is 0 Å². The molecule has 0 fully saturated rings. The van der Waals surface area contributed by atoms with Crippen molar-refractivity contribution in [3.8, 4) is 5.88 Å². The third-order valence-electron chi connectivity index (χ3n) is 3.54. The second-order valence-electron chi connectivity index (χ2n) is 5.61. The van der Waals surface area contributed by atoms with Gasteiger partial charge in [-0.2, -0.15) is 39.5 Å². The Bertz CT molecular complexity index is 956. The number of halogens is 9. The average Bonchev–Trinajstić information content (AvgIpc) is 2.55. The van der Waals surface area contributed by atoms with Crippen LogP contribution in [0.5, 0.6) is 5.88 Å². The third-order valence-corrected chi connectivity index (χ3v) is 3.54. The maximum atomic E-state index is 13.2. The minimum Gasteiger partial charge on any atom is -0.479 e. The highest BCUT2D eigenvalue weighted by Crippen LogP contribution is 2.40. The Kier molecular flexibility index (Phi) is 5.91. The van der Waals surface area contributed by atoms with E-state index in [4.69, 9.17) is 4.74 Å². The van der Waals surface area contributed by atoms with E-state index in [1.54, 1.807) is 0 Å². The highest BCUT2D eigenvalue weighted by Gasteiger charge is 2.38. The molecule has 2 aromatic rings. The van der Waals surface area contributed by atoms with Crippen LogP contribution in [0.2, 0.25) is 0 Å². The SMILES string of the molecule is CCOc1cc(C(F)(F)F)nc(=Nc2ccc(C(F)(F)F)cc2C(F)(F)F)n1C. The first kappa shape index (κ1) is 22.6. The smallest absolute Gasteiger partial charge is 0.433 e. The van der Waals surface area contributed by atoms with Gasteiger partial charge in [-0.05, 0) is 25.1 Å². The Labute approximate surface area is 157 Å². The molecule has 0 radical (unpaired) electrons. The van der Waals surface area contributed by atoms with Gasteiger partial charge < -0.3 is 4.74 Å². The molecule has 1 aromatic heterocycles. The Morgan fingerprint density at radius 3 is 2.03 bits per heavy atom. The van der Waals surface area contributed by atoms with E-state index in [0.717, 1.165) is 11.6 Å². The lowest BCUT2D eigenvalue weighted by Crippen LogP contribution is -2.27. The molecule has 0 aliphatic carbocycles. The van der Waals surface area contributed by atoms with Gasteiger partial charge in [0.1, 0.15) is 0 Å². The van der Waals surface area contributed by atoms with E-state index < -0.39 is 52.5 Å². The number of rotatable bonds is 3. The number of ether oxygens (including phenoxy) is 1. The van der Waals surface area contributed by atoms with Crippen molar-refractivity contribution < 1.29 is 44.3 Å². The van der Waals surface area contributed by atoms with Crippen LogP contribution < -0.4 is 10.4 Å². The quantitative estimate of drug-likeness (QED) is 0.632. The summed E-state index contributed by atoms with van der Waals surface area (Å²) in [4.78, 5) is 6.61. The number of aromatic nitrogens is 2. The summed E-state index contributed by atoms with van der Waals surface area (Å²) >= 11 is 0. The van der Waals surface area contributed by atoms with E-state index in [2.05, 4.69) is 9.98 Å². The van der Waals surface area contributed by atoms with Crippen molar-refractivity contribution >= 4 is 5.69 Å². The molecule has 0 aliphatic heterocycles. The Balaban J connectivity index is 2.81. The largest absolute Gasteiger partial charge is 0.479 e. The summed E-state index contributed by atoms with van der Waals surface area (Å²) in [6.07, 6.45) is -15.3. The number of hydrogen-bond donors (Lipinski definition) is 0. The van der Waals surface area contributed by atoms with Crippen LogP contribution in [-0.4, -0.2) is 16.2 Å². The number of alkyl halides is 9. The van der Waals surface area contributed by atoms with Crippen molar-refractivity contribution in [1.82, 2.24) is 9.55 Å². The Hall–Kier alpha value is -2.73. The highest BCUT2D eigenvalue weighted by atomic mass is 19.4. The second kappa shape index (κ2) is 7.59. The molecule has 1 heterocycles. The molecule has 0 spiro atoms. The molecule has 160 valence electrons. The molecule has 0 atom stereocenters. The van der Waals surface area contributed by atoms with E-state index in [0.29, 0.717) is 18.2 Å². The van der Waals surface area contributed by atoms with Crippen LogP contribution in [0.1, 0.15) is 23.7 Å². The molecule has 0 saturated carbocycles. The topological polar surface area (TPSA) is 39.4 Å². The van der Waals surface area contributed by atoms with Crippen LogP contribution in [0.3, 0.4) is 0 Å². The molecule has 0 unspecified atom stereocenters. The van der Waals surface area contributed by atoms with Gasteiger partial charge in [0.05, 0.1) is 23.4 Å². The minimum absolute atomic E-state index is 0.0668. The van der Waals surface area contributed by atoms with Gasteiger partial charge >= 0.3 is 18.5 Å². The molecule has 13 heteroatoms.